The van der Waals surface area contributed by atoms with Gasteiger partial charge in [0.25, 0.3) is 0 Å². The Hall–Kier alpha value is 0.680. The van der Waals surface area contributed by atoms with Crippen molar-refractivity contribution in [3.8, 4) is 0 Å². The highest BCUT2D eigenvalue weighted by Crippen LogP contribution is 2.43. The van der Waals surface area contributed by atoms with Crippen molar-refractivity contribution in [3.63, 3.8) is 0 Å². The first-order valence-electron chi connectivity index (χ1n) is 5.93. The third-order valence-electron chi connectivity index (χ3n) is 2.05. The molecule has 0 saturated carbocycles. The first kappa shape index (κ1) is 17.7. The lowest BCUT2D eigenvalue weighted by molar-refractivity contribution is 0.736. The Balaban J connectivity index is 4.57. The van der Waals surface area contributed by atoms with E-state index >= 15 is 0 Å². The summed E-state index contributed by atoms with van der Waals surface area (Å²) in [6.45, 7) is 3.22. The molecule has 0 aliphatic carbocycles. The van der Waals surface area contributed by atoms with E-state index in [4.69, 9.17) is 28.3 Å². The SMILES string of the molecule is CCCCNP(N)(=NP(N)(N)=S)NCCCC. The van der Waals surface area contributed by atoms with Crippen LogP contribution in [0.4, 0.5) is 0 Å². The van der Waals surface area contributed by atoms with Crippen LogP contribution in [0.5, 0.6) is 0 Å². The molecule has 0 aromatic carbocycles. The van der Waals surface area contributed by atoms with Gasteiger partial charge in [-0.25, -0.2) is 0 Å². The van der Waals surface area contributed by atoms with Gasteiger partial charge in [-0.15, -0.1) is 0 Å². The van der Waals surface area contributed by atoms with Crippen LogP contribution in [0.3, 0.4) is 0 Å². The first-order valence-corrected chi connectivity index (χ1v) is 10.6. The number of nitrogens with zero attached hydrogens (tertiary/aromatic N) is 1. The minimum Gasteiger partial charge on any atom is -0.274 e. The van der Waals surface area contributed by atoms with Gasteiger partial charge in [0.2, 0.25) is 0 Å². The van der Waals surface area contributed by atoms with E-state index in [0.717, 1.165) is 38.8 Å². The average Bonchev–Trinajstić information content (AvgIpc) is 2.15. The van der Waals surface area contributed by atoms with Crippen LogP contribution in [0, 0.1) is 0 Å². The van der Waals surface area contributed by atoms with Gasteiger partial charge >= 0.3 is 0 Å². The summed E-state index contributed by atoms with van der Waals surface area (Å²) in [6, 6.07) is 0. The lowest BCUT2D eigenvalue weighted by Crippen LogP contribution is -2.30. The van der Waals surface area contributed by atoms with E-state index in [9.17, 15) is 0 Å². The third kappa shape index (κ3) is 10.3. The Kier molecular flexibility index (Phi) is 9.07. The Morgan fingerprint density at radius 1 is 1.00 bits per heavy atom. The first-order chi connectivity index (χ1) is 7.83. The maximum atomic E-state index is 6.19. The Labute approximate surface area is 110 Å². The molecule has 0 amide bonds. The van der Waals surface area contributed by atoms with Crippen molar-refractivity contribution in [3.05, 3.63) is 0 Å². The second-order valence-electron chi connectivity index (χ2n) is 3.97. The van der Waals surface area contributed by atoms with E-state index in [1.807, 2.05) is 0 Å². The lowest BCUT2D eigenvalue weighted by atomic mass is 10.3. The van der Waals surface area contributed by atoms with Crippen molar-refractivity contribution in [1.82, 2.24) is 10.2 Å². The second-order valence-corrected chi connectivity index (χ2v) is 9.79. The van der Waals surface area contributed by atoms with Gasteiger partial charge < -0.3 is 0 Å². The summed E-state index contributed by atoms with van der Waals surface area (Å²) < 4.78 is 4.23. The minimum atomic E-state index is -2.63. The number of nitrogens with one attached hydrogen (secondary N) is 2. The fourth-order valence-electron chi connectivity index (χ4n) is 1.19. The molecule has 0 saturated heterocycles. The molecule has 0 heterocycles. The summed E-state index contributed by atoms with van der Waals surface area (Å²) in [6.07, 6.45) is 4.28. The van der Waals surface area contributed by atoms with Crippen LogP contribution in [0.2, 0.25) is 0 Å². The molecule has 8 N–H and O–H groups in total. The van der Waals surface area contributed by atoms with Crippen molar-refractivity contribution in [2.45, 2.75) is 39.5 Å². The smallest absolute Gasteiger partial charge is 0.180 e. The van der Waals surface area contributed by atoms with Crippen LogP contribution < -0.4 is 26.7 Å². The predicted molar refractivity (Wildman–Crippen MR) is 82.0 cm³/mol. The molecule has 17 heavy (non-hydrogen) atoms. The minimum absolute atomic E-state index is 0.804. The van der Waals surface area contributed by atoms with Crippen molar-refractivity contribution >= 4 is 25.8 Å². The van der Waals surface area contributed by atoms with Crippen LogP contribution >= 0.6 is 14.0 Å². The van der Waals surface area contributed by atoms with Crippen molar-refractivity contribution in [2.75, 3.05) is 13.1 Å². The number of nitrogens with two attached hydrogens (primary N) is 3. The Bertz CT molecular complexity index is 288. The fourth-order valence-corrected chi connectivity index (χ4v) is 5.61. The molecule has 104 valence electrons. The second kappa shape index (κ2) is 8.73. The summed E-state index contributed by atoms with van der Waals surface area (Å²) in [5.41, 5.74) is 17.5. The summed E-state index contributed by atoms with van der Waals surface area (Å²) in [4.78, 5) is 0. The van der Waals surface area contributed by atoms with Gasteiger partial charge in [-0.1, -0.05) is 26.7 Å². The molecule has 0 aliphatic rings. The number of hydrogen-bond acceptors (Lipinski definition) is 1. The lowest BCUT2D eigenvalue weighted by Gasteiger charge is -2.24. The fraction of sp³-hybridized carbons (Fsp3) is 1.00. The Morgan fingerprint density at radius 3 is 1.71 bits per heavy atom. The third-order valence-corrected chi connectivity index (χ3v) is 6.36. The van der Waals surface area contributed by atoms with E-state index in [1.165, 1.54) is 0 Å². The highest BCUT2D eigenvalue weighted by Gasteiger charge is 2.15. The molecule has 0 fully saturated rings. The van der Waals surface area contributed by atoms with E-state index in [0.29, 0.717) is 0 Å². The topological polar surface area (TPSA) is 114 Å². The summed E-state index contributed by atoms with van der Waals surface area (Å²) in [5, 5.41) is 6.45. The van der Waals surface area contributed by atoms with Gasteiger partial charge in [0, 0.05) is 13.1 Å². The largest absolute Gasteiger partial charge is 0.274 e. The maximum absolute atomic E-state index is 6.19. The molecule has 0 radical (unpaired) electrons. The highest BCUT2D eigenvalue weighted by atomic mass is 32.4. The molecule has 0 atom stereocenters. The predicted octanol–water partition coefficient (Wildman–Crippen LogP) is 1.81. The zero-order valence-corrected chi connectivity index (χ0v) is 13.3. The maximum Gasteiger partial charge on any atom is 0.180 e. The normalized spacial score (nSPS) is 12.8. The quantitative estimate of drug-likeness (QED) is 0.328. The highest BCUT2D eigenvalue weighted by molar-refractivity contribution is 8.12. The summed E-state index contributed by atoms with van der Waals surface area (Å²) >= 11 is 4.96. The molecule has 0 rings (SSSR count). The molecule has 0 aromatic heterocycles. The van der Waals surface area contributed by atoms with Crippen LogP contribution in [-0.2, 0) is 11.8 Å². The zero-order chi connectivity index (χ0) is 13.4. The molecule has 0 aliphatic heterocycles. The molecule has 0 aromatic rings. The van der Waals surface area contributed by atoms with Crippen molar-refractivity contribution in [2.24, 2.45) is 21.0 Å². The molecule has 6 nitrogen and oxygen atoms in total. The average molecular weight is 300 g/mol. The molecule has 0 unspecified atom stereocenters. The standard InChI is InChI=1S/C8H26N6P2S/c1-3-5-7-12-16(11,13-8-6-4-2)14-15(9,10)17/h12-13H,3-8,11H2,1-2H3,(H4,9,10,17). The number of unbranched alkanes of at least 4 members (excludes halogenated alkanes) is 2. The molecule has 9 heteroatoms. The van der Waals surface area contributed by atoms with Crippen LogP contribution in [0.1, 0.15) is 39.5 Å². The summed E-state index contributed by atoms with van der Waals surface area (Å²) in [7, 11) is -2.33. The van der Waals surface area contributed by atoms with Crippen LogP contribution in [-0.4, -0.2) is 13.1 Å². The van der Waals surface area contributed by atoms with Gasteiger partial charge in [0.05, 0.1) is 0 Å². The van der Waals surface area contributed by atoms with Crippen LogP contribution in [0.25, 0.3) is 0 Å². The molecule has 0 bridgehead atoms. The van der Waals surface area contributed by atoms with Gasteiger partial charge in [0.1, 0.15) is 0 Å². The van der Waals surface area contributed by atoms with E-state index < -0.39 is 14.0 Å². The number of hydrogen-bond donors (Lipinski definition) is 5. The van der Waals surface area contributed by atoms with Gasteiger partial charge in [-0.3, -0.25) is 26.7 Å². The summed E-state index contributed by atoms with van der Waals surface area (Å²) in [5.74, 6) is 0. The van der Waals surface area contributed by atoms with Gasteiger partial charge in [0.15, 0.2) is 14.0 Å². The van der Waals surface area contributed by atoms with Crippen molar-refractivity contribution in [1.29, 1.82) is 0 Å². The van der Waals surface area contributed by atoms with Crippen molar-refractivity contribution < 1.29 is 0 Å². The van der Waals surface area contributed by atoms with Gasteiger partial charge in [-0.2, -0.15) is 4.52 Å². The van der Waals surface area contributed by atoms with Crippen LogP contribution in [0.15, 0.2) is 4.52 Å². The monoisotopic (exact) mass is 300 g/mol. The van der Waals surface area contributed by atoms with Gasteiger partial charge in [-0.05, 0) is 24.6 Å². The molecule has 0 spiro atoms. The van der Waals surface area contributed by atoms with E-state index in [-0.39, 0.29) is 0 Å². The Morgan fingerprint density at radius 2 is 1.41 bits per heavy atom. The van der Waals surface area contributed by atoms with E-state index in [1.54, 1.807) is 0 Å². The molecular formula is C8H26N6P2S. The molecular weight excluding hydrogens is 274 g/mol. The number of rotatable bonds is 9. The zero-order valence-electron chi connectivity index (χ0n) is 10.7. The van der Waals surface area contributed by atoms with E-state index in [2.05, 4.69) is 28.5 Å².